The second-order valence-electron chi connectivity index (χ2n) is 5.83. The number of rotatable bonds is 8. The Morgan fingerprint density at radius 2 is 1.80 bits per heavy atom. The zero-order valence-corrected chi connectivity index (χ0v) is 11.3. The average Bonchev–Trinajstić information content (AvgIpc) is 3.04. The van der Waals surface area contributed by atoms with Crippen LogP contribution in [0.4, 0.5) is 0 Å². The molecule has 90 valence electrons. The fourth-order valence-electron chi connectivity index (χ4n) is 3.13. The molecule has 0 N–H and O–H groups in total. The van der Waals surface area contributed by atoms with Crippen LogP contribution >= 0.6 is 0 Å². The van der Waals surface area contributed by atoms with Crippen LogP contribution in [0.1, 0.15) is 79.1 Å². The summed E-state index contributed by atoms with van der Waals surface area (Å²) in [5, 5.41) is 0. The minimum atomic E-state index is 0.675. The molecule has 0 spiro atoms. The molecular weight excluding hydrogens is 180 g/mol. The van der Waals surface area contributed by atoms with E-state index in [4.69, 9.17) is 0 Å². The van der Waals surface area contributed by atoms with Crippen LogP contribution in [-0.2, 0) is 0 Å². The van der Waals surface area contributed by atoms with E-state index in [1.54, 1.807) is 0 Å². The lowest BCUT2D eigenvalue weighted by atomic mass is 9.76. The van der Waals surface area contributed by atoms with Crippen LogP contribution in [0, 0.1) is 17.3 Å². The number of unbranched alkanes of at least 4 members (excludes halogenated alkanes) is 3. The average molecular weight is 210 g/mol. The summed E-state index contributed by atoms with van der Waals surface area (Å²) in [7, 11) is 0. The molecular formula is C15H30. The van der Waals surface area contributed by atoms with Crippen molar-refractivity contribution in [3.63, 3.8) is 0 Å². The van der Waals surface area contributed by atoms with Crippen LogP contribution in [0.25, 0.3) is 0 Å². The van der Waals surface area contributed by atoms with Crippen molar-refractivity contribution in [2.75, 3.05) is 0 Å². The normalized spacial score (nSPS) is 28.8. The van der Waals surface area contributed by atoms with Gasteiger partial charge in [-0.2, -0.15) is 0 Å². The van der Waals surface area contributed by atoms with Crippen LogP contribution in [0.3, 0.4) is 0 Å². The predicted octanol–water partition coefficient (Wildman–Crippen LogP) is 5.42. The Morgan fingerprint density at radius 3 is 2.27 bits per heavy atom. The molecule has 1 fully saturated rings. The van der Waals surface area contributed by atoms with Gasteiger partial charge in [0, 0.05) is 0 Å². The maximum atomic E-state index is 2.54. The monoisotopic (exact) mass is 210 g/mol. The van der Waals surface area contributed by atoms with E-state index in [1.807, 2.05) is 0 Å². The van der Waals surface area contributed by atoms with E-state index in [9.17, 15) is 0 Å². The van der Waals surface area contributed by atoms with Crippen molar-refractivity contribution < 1.29 is 0 Å². The van der Waals surface area contributed by atoms with Gasteiger partial charge < -0.3 is 0 Å². The molecule has 3 unspecified atom stereocenters. The first-order chi connectivity index (χ1) is 7.18. The maximum Gasteiger partial charge on any atom is -0.0297 e. The molecule has 0 aliphatic heterocycles. The third kappa shape index (κ3) is 3.50. The molecule has 0 nitrogen and oxygen atoms in total. The van der Waals surface area contributed by atoms with Gasteiger partial charge in [-0.1, -0.05) is 66.2 Å². The molecule has 0 aromatic heterocycles. The smallest absolute Gasteiger partial charge is 0.0297 e. The first-order valence-corrected chi connectivity index (χ1v) is 7.18. The number of hydrogen-bond acceptors (Lipinski definition) is 0. The van der Waals surface area contributed by atoms with Crippen molar-refractivity contribution in [1.82, 2.24) is 0 Å². The minimum Gasteiger partial charge on any atom is -0.0654 e. The Bertz CT molecular complexity index is 173. The van der Waals surface area contributed by atoms with Gasteiger partial charge in [-0.15, -0.1) is 0 Å². The van der Waals surface area contributed by atoms with Gasteiger partial charge in [-0.3, -0.25) is 0 Å². The van der Waals surface area contributed by atoms with E-state index in [2.05, 4.69) is 27.7 Å². The van der Waals surface area contributed by atoms with Gasteiger partial charge in [0.1, 0.15) is 0 Å². The quantitative estimate of drug-likeness (QED) is 0.469. The third-order valence-corrected chi connectivity index (χ3v) is 4.75. The fourth-order valence-corrected chi connectivity index (χ4v) is 3.13. The van der Waals surface area contributed by atoms with E-state index < -0.39 is 0 Å². The highest BCUT2D eigenvalue weighted by Crippen LogP contribution is 2.56. The van der Waals surface area contributed by atoms with Crippen LogP contribution in [-0.4, -0.2) is 0 Å². The Balaban J connectivity index is 2.27. The Morgan fingerprint density at radius 1 is 1.07 bits per heavy atom. The molecule has 1 rings (SSSR count). The second kappa shape index (κ2) is 5.92. The SMILES string of the molecule is CCCCCCC(C)(CC)C1CC1CC. The molecule has 15 heavy (non-hydrogen) atoms. The number of hydrogen-bond donors (Lipinski definition) is 0. The van der Waals surface area contributed by atoms with Crippen molar-refractivity contribution in [1.29, 1.82) is 0 Å². The standard InChI is InChI=1S/C15H30/c1-5-8-9-10-11-15(4,7-3)14-12-13(14)6-2/h13-14H,5-12H2,1-4H3. The van der Waals surface area contributed by atoms with Gasteiger partial charge in [0.15, 0.2) is 0 Å². The molecule has 0 saturated heterocycles. The highest BCUT2D eigenvalue weighted by molar-refractivity contribution is 4.96. The molecule has 0 aromatic carbocycles. The summed E-state index contributed by atoms with van der Waals surface area (Å²) in [6, 6.07) is 0. The highest BCUT2D eigenvalue weighted by Gasteiger charge is 2.47. The fraction of sp³-hybridized carbons (Fsp3) is 1.00. The van der Waals surface area contributed by atoms with Gasteiger partial charge in [0.25, 0.3) is 0 Å². The largest absolute Gasteiger partial charge is 0.0654 e. The molecule has 3 atom stereocenters. The Kier molecular flexibility index (Phi) is 5.15. The van der Waals surface area contributed by atoms with Crippen molar-refractivity contribution in [3.05, 3.63) is 0 Å². The van der Waals surface area contributed by atoms with E-state index in [0.717, 1.165) is 11.8 Å². The van der Waals surface area contributed by atoms with E-state index in [0.29, 0.717) is 5.41 Å². The minimum absolute atomic E-state index is 0.675. The zero-order chi connectivity index (χ0) is 11.3. The molecule has 0 bridgehead atoms. The van der Waals surface area contributed by atoms with Crippen molar-refractivity contribution >= 4 is 0 Å². The van der Waals surface area contributed by atoms with Crippen LogP contribution in [0.5, 0.6) is 0 Å². The molecule has 1 aliphatic carbocycles. The first-order valence-electron chi connectivity index (χ1n) is 7.18. The van der Waals surface area contributed by atoms with E-state index >= 15 is 0 Å². The van der Waals surface area contributed by atoms with Gasteiger partial charge in [-0.05, 0) is 30.1 Å². The van der Waals surface area contributed by atoms with Crippen LogP contribution in [0.15, 0.2) is 0 Å². The summed E-state index contributed by atoms with van der Waals surface area (Å²) in [5.41, 5.74) is 0.675. The van der Waals surface area contributed by atoms with Crippen molar-refractivity contribution in [2.45, 2.75) is 79.1 Å². The van der Waals surface area contributed by atoms with Crippen LogP contribution < -0.4 is 0 Å². The molecule has 0 heteroatoms. The first kappa shape index (κ1) is 13.1. The van der Waals surface area contributed by atoms with Crippen LogP contribution in [0.2, 0.25) is 0 Å². The Labute approximate surface area is 96.8 Å². The third-order valence-electron chi connectivity index (χ3n) is 4.75. The summed E-state index contributed by atoms with van der Waals surface area (Å²) >= 11 is 0. The summed E-state index contributed by atoms with van der Waals surface area (Å²) in [6.45, 7) is 9.59. The summed E-state index contributed by atoms with van der Waals surface area (Å²) in [6.07, 6.45) is 11.5. The molecule has 0 radical (unpaired) electrons. The second-order valence-corrected chi connectivity index (χ2v) is 5.83. The van der Waals surface area contributed by atoms with Gasteiger partial charge in [0.2, 0.25) is 0 Å². The topological polar surface area (TPSA) is 0 Å². The van der Waals surface area contributed by atoms with Gasteiger partial charge in [0.05, 0.1) is 0 Å². The summed E-state index contributed by atoms with van der Waals surface area (Å²) in [4.78, 5) is 0. The lowest BCUT2D eigenvalue weighted by Crippen LogP contribution is -2.19. The van der Waals surface area contributed by atoms with E-state index in [-0.39, 0.29) is 0 Å². The maximum absolute atomic E-state index is 2.54. The molecule has 0 amide bonds. The Hall–Kier alpha value is 0. The summed E-state index contributed by atoms with van der Waals surface area (Å²) in [5.74, 6) is 2.13. The molecule has 0 aromatic rings. The van der Waals surface area contributed by atoms with Gasteiger partial charge in [-0.25, -0.2) is 0 Å². The lowest BCUT2D eigenvalue weighted by Gasteiger charge is -2.29. The van der Waals surface area contributed by atoms with Crippen molar-refractivity contribution in [3.8, 4) is 0 Å². The predicted molar refractivity (Wildman–Crippen MR) is 69.0 cm³/mol. The summed E-state index contributed by atoms with van der Waals surface area (Å²) < 4.78 is 0. The van der Waals surface area contributed by atoms with E-state index in [1.165, 1.54) is 51.4 Å². The highest BCUT2D eigenvalue weighted by atomic mass is 14.5. The van der Waals surface area contributed by atoms with Gasteiger partial charge >= 0.3 is 0 Å². The molecule has 1 saturated carbocycles. The zero-order valence-electron chi connectivity index (χ0n) is 11.3. The lowest BCUT2D eigenvalue weighted by molar-refractivity contribution is 0.215. The molecule has 1 aliphatic rings. The molecule has 0 heterocycles. The van der Waals surface area contributed by atoms with Crippen molar-refractivity contribution in [2.24, 2.45) is 17.3 Å².